The minimum absolute atomic E-state index is 0.102. The third kappa shape index (κ3) is 7.42. The number of hydrogen-bond acceptors (Lipinski definition) is 4. The SMILES string of the molecule is CCOCCCN=C(N)NCCC(=O)N1CCN(c2ccc(F)cc2)CC1. The summed E-state index contributed by atoms with van der Waals surface area (Å²) < 4.78 is 18.3. The summed E-state index contributed by atoms with van der Waals surface area (Å²) in [6.45, 7) is 7.24. The number of guanidine groups is 1. The minimum Gasteiger partial charge on any atom is -0.382 e. The predicted octanol–water partition coefficient (Wildman–Crippen LogP) is 1.20. The van der Waals surface area contributed by atoms with Crippen LogP contribution >= 0.6 is 0 Å². The molecule has 7 nitrogen and oxygen atoms in total. The molecule has 0 saturated carbocycles. The van der Waals surface area contributed by atoms with E-state index in [1.807, 2.05) is 11.8 Å². The summed E-state index contributed by atoms with van der Waals surface area (Å²) in [6, 6.07) is 6.46. The lowest BCUT2D eigenvalue weighted by Gasteiger charge is -2.36. The van der Waals surface area contributed by atoms with Crippen LogP contribution < -0.4 is 16.0 Å². The van der Waals surface area contributed by atoms with Crippen LogP contribution in [0.4, 0.5) is 10.1 Å². The molecule has 1 fully saturated rings. The van der Waals surface area contributed by atoms with Gasteiger partial charge in [-0.05, 0) is 37.6 Å². The fraction of sp³-hybridized carbons (Fsp3) is 0.579. The van der Waals surface area contributed by atoms with E-state index in [9.17, 15) is 9.18 Å². The van der Waals surface area contributed by atoms with Crippen molar-refractivity contribution in [2.75, 3.05) is 57.4 Å². The average Bonchev–Trinajstić information content (AvgIpc) is 2.68. The van der Waals surface area contributed by atoms with E-state index in [1.165, 1.54) is 12.1 Å². The maximum absolute atomic E-state index is 13.0. The van der Waals surface area contributed by atoms with Crippen LogP contribution in [0.15, 0.2) is 29.3 Å². The van der Waals surface area contributed by atoms with Crippen molar-refractivity contribution in [3.63, 3.8) is 0 Å². The van der Waals surface area contributed by atoms with Gasteiger partial charge in [0, 0.05) is 64.6 Å². The van der Waals surface area contributed by atoms with Gasteiger partial charge in [0.1, 0.15) is 5.82 Å². The number of nitrogens with zero attached hydrogens (tertiary/aromatic N) is 3. The van der Waals surface area contributed by atoms with Crippen molar-refractivity contribution in [1.82, 2.24) is 10.2 Å². The van der Waals surface area contributed by atoms with E-state index in [0.717, 1.165) is 25.2 Å². The standard InChI is InChI=1S/C19H30FN5O2/c1-2-27-15-3-9-22-19(21)23-10-8-18(26)25-13-11-24(12-14-25)17-6-4-16(20)5-7-17/h4-7H,2-3,8-15H2,1H3,(H3,21,22,23). The Morgan fingerprint density at radius 3 is 2.63 bits per heavy atom. The van der Waals surface area contributed by atoms with Crippen molar-refractivity contribution >= 4 is 17.6 Å². The summed E-state index contributed by atoms with van der Waals surface area (Å²) in [5.41, 5.74) is 6.77. The zero-order chi connectivity index (χ0) is 19.5. The summed E-state index contributed by atoms with van der Waals surface area (Å²) in [6.07, 6.45) is 1.21. The fourth-order valence-corrected chi connectivity index (χ4v) is 2.89. The molecule has 0 unspecified atom stereocenters. The largest absolute Gasteiger partial charge is 0.382 e. The van der Waals surface area contributed by atoms with Gasteiger partial charge in [0.25, 0.3) is 0 Å². The van der Waals surface area contributed by atoms with Gasteiger partial charge >= 0.3 is 0 Å². The number of ether oxygens (including phenoxy) is 1. The van der Waals surface area contributed by atoms with Gasteiger partial charge in [0.2, 0.25) is 5.91 Å². The van der Waals surface area contributed by atoms with Crippen molar-refractivity contribution in [3.05, 3.63) is 30.1 Å². The Labute approximate surface area is 160 Å². The maximum atomic E-state index is 13.0. The highest BCUT2D eigenvalue weighted by atomic mass is 19.1. The summed E-state index contributed by atoms with van der Waals surface area (Å²) >= 11 is 0. The van der Waals surface area contributed by atoms with Gasteiger partial charge in [0.05, 0.1) is 0 Å². The molecule has 1 aromatic rings. The molecule has 0 spiro atoms. The van der Waals surface area contributed by atoms with Gasteiger partial charge in [-0.2, -0.15) is 0 Å². The second kappa shape index (κ2) is 11.4. The number of anilines is 1. The molecule has 2 rings (SSSR count). The van der Waals surface area contributed by atoms with Crippen molar-refractivity contribution in [2.45, 2.75) is 19.8 Å². The summed E-state index contributed by atoms with van der Waals surface area (Å²) in [5, 5.41) is 2.98. The van der Waals surface area contributed by atoms with Crippen LogP contribution in [-0.2, 0) is 9.53 Å². The van der Waals surface area contributed by atoms with Crippen LogP contribution in [0, 0.1) is 5.82 Å². The van der Waals surface area contributed by atoms with Crippen molar-refractivity contribution < 1.29 is 13.9 Å². The average molecular weight is 379 g/mol. The Morgan fingerprint density at radius 1 is 1.26 bits per heavy atom. The first-order chi connectivity index (χ1) is 13.1. The zero-order valence-corrected chi connectivity index (χ0v) is 16.0. The van der Waals surface area contributed by atoms with E-state index in [-0.39, 0.29) is 11.7 Å². The van der Waals surface area contributed by atoms with Crippen LogP contribution in [0.5, 0.6) is 0 Å². The molecule has 0 radical (unpaired) electrons. The van der Waals surface area contributed by atoms with Crippen molar-refractivity contribution in [3.8, 4) is 0 Å². The Balaban J connectivity index is 1.63. The molecule has 3 N–H and O–H groups in total. The molecule has 1 saturated heterocycles. The molecular formula is C19H30FN5O2. The molecule has 1 heterocycles. The molecule has 1 aromatic carbocycles. The van der Waals surface area contributed by atoms with Gasteiger partial charge in [0.15, 0.2) is 5.96 Å². The quantitative estimate of drug-likeness (QED) is 0.383. The van der Waals surface area contributed by atoms with Crippen LogP contribution in [-0.4, -0.2) is 69.2 Å². The first kappa shape index (κ1) is 21.0. The second-order valence-electron chi connectivity index (χ2n) is 6.34. The lowest BCUT2D eigenvalue weighted by atomic mass is 10.2. The number of amides is 1. The minimum atomic E-state index is -0.239. The van der Waals surface area contributed by atoms with E-state index in [1.54, 1.807) is 12.1 Å². The zero-order valence-electron chi connectivity index (χ0n) is 16.0. The van der Waals surface area contributed by atoms with E-state index >= 15 is 0 Å². The molecule has 1 aliphatic heterocycles. The number of halogens is 1. The number of piperazine rings is 1. The van der Waals surface area contributed by atoms with E-state index in [0.29, 0.717) is 51.8 Å². The second-order valence-corrected chi connectivity index (χ2v) is 6.34. The maximum Gasteiger partial charge on any atom is 0.224 e. The number of hydrogen-bond donors (Lipinski definition) is 2. The Hall–Kier alpha value is -2.35. The molecule has 150 valence electrons. The highest BCUT2D eigenvalue weighted by molar-refractivity contribution is 5.80. The van der Waals surface area contributed by atoms with Crippen LogP contribution in [0.2, 0.25) is 0 Å². The van der Waals surface area contributed by atoms with Gasteiger partial charge in [-0.1, -0.05) is 0 Å². The van der Waals surface area contributed by atoms with Crippen LogP contribution in [0.3, 0.4) is 0 Å². The molecule has 0 bridgehead atoms. The number of carbonyl (C=O) groups excluding carboxylic acids is 1. The number of nitrogens with two attached hydrogens (primary N) is 1. The molecule has 0 aliphatic carbocycles. The monoisotopic (exact) mass is 379 g/mol. The predicted molar refractivity (Wildman–Crippen MR) is 105 cm³/mol. The normalized spacial score (nSPS) is 15.1. The lowest BCUT2D eigenvalue weighted by Crippen LogP contribution is -2.49. The highest BCUT2D eigenvalue weighted by Crippen LogP contribution is 2.17. The van der Waals surface area contributed by atoms with Crippen molar-refractivity contribution in [2.24, 2.45) is 10.7 Å². The van der Waals surface area contributed by atoms with Gasteiger partial charge in [-0.25, -0.2) is 4.39 Å². The van der Waals surface area contributed by atoms with Gasteiger partial charge in [-0.3, -0.25) is 9.79 Å². The lowest BCUT2D eigenvalue weighted by molar-refractivity contribution is -0.131. The molecular weight excluding hydrogens is 349 g/mol. The number of rotatable bonds is 9. The van der Waals surface area contributed by atoms with E-state index in [2.05, 4.69) is 15.2 Å². The molecule has 0 atom stereocenters. The fourth-order valence-electron chi connectivity index (χ4n) is 2.89. The highest BCUT2D eigenvalue weighted by Gasteiger charge is 2.20. The molecule has 8 heteroatoms. The van der Waals surface area contributed by atoms with Gasteiger partial charge in [-0.15, -0.1) is 0 Å². The van der Waals surface area contributed by atoms with Crippen molar-refractivity contribution in [1.29, 1.82) is 0 Å². The number of carbonyl (C=O) groups is 1. The topological polar surface area (TPSA) is 83.2 Å². The first-order valence-corrected chi connectivity index (χ1v) is 9.50. The number of benzene rings is 1. The molecule has 27 heavy (non-hydrogen) atoms. The van der Waals surface area contributed by atoms with Crippen LogP contribution in [0.1, 0.15) is 19.8 Å². The number of aliphatic imine (C=N–C) groups is 1. The van der Waals surface area contributed by atoms with Crippen LogP contribution in [0.25, 0.3) is 0 Å². The van der Waals surface area contributed by atoms with Gasteiger partial charge < -0.3 is 25.6 Å². The summed E-state index contributed by atoms with van der Waals surface area (Å²) in [7, 11) is 0. The Kier molecular flexibility index (Phi) is 8.83. The third-order valence-electron chi connectivity index (χ3n) is 4.40. The molecule has 0 aromatic heterocycles. The number of nitrogens with one attached hydrogen (secondary N) is 1. The Morgan fingerprint density at radius 2 is 1.96 bits per heavy atom. The third-order valence-corrected chi connectivity index (χ3v) is 4.40. The first-order valence-electron chi connectivity index (χ1n) is 9.50. The smallest absolute Gasteiger partial charge is 0.224 e. The Bertz CT molecular complexity index is 601. The van der Waals surface area contributed by atoms with E-state index in [4.69, 9.17) is 10.5 Å². The van der Waals surface area contributed by atoms with E-state index < -0.39 is 0 Å². The summed E-state index contributed by atoms with van der Waals surface area (Å²) in [4.78, 5) is 20.5. The summed E-state index contributed by atoms with van der Waals surface area (Å²) in [5.74, 6) is 0.225. The molecule has 1 amide bonds. The molecule has 1 aliphatic rings.